The molecule has 0 unspecified atom stereocenters. The van der Waals surface area contributed by atoms with Crippen LogP contribution in [-0.2, 0) is 25.3 Å². The molecular weight excluding hydrogens is 549 g/mol. The summed E-state index contributed by atoms with van der Waals surface area (Å²) in [7, 11) is -0.935. The Kier molecular flexibility index (Phi) is 8.17. The Morgan fingerprint density at radius 3 is 2.37 bits per heavy atom. The zero-order chi connectivity index (χ0) is 27.9. The molecule has 8 nitrogen and oxygen atoms in total. The summed E-state index contributed by atoms with van der Waals surface area (Å²) in [5.41, 5.74) is -0.549. The molecule has 1 aliphatic heterocycles. The van der Waals surface area contributed by atoms with Crippen LogP contribution in [-0.4, -0.2) is 49.8 Å². The van der Waals surface area contributed by atoms with Crippen LogP contribution in [0.2, 0.25) is 10.0 Å². The van der Waals surface area contributed by atoms with Gasteiger partial charge in [0.25, 0.3) is 10.2 Å². The number of carboxylic acids is 1. The third-order valence-corrected chi connectivity index (χ3v) is 9.88. The van der Waals surface area contributed by atoms with Gasteiger partial charge in [-0.1, -0.05) is 54.4 Å². The number of rotatable bonds is 10. The number of nitrogens with one attached hydrogen (secondary N) is 2. The predicted octanol–water partition coefficient (Wildman–Crippen LogP) is 4.54. The number of hydrogen-bond donors (Lipinski definition) is 3. The molecule has 4 atom stereocenters. The lowest BCUT2D eigenvalue weighted by molar-refractivity contribution is -0.147. The molecule has 1 aliphatic carbocycles. The molecule has 1 amide bonds. The highest BCUT2D eigenvalue weighted by atomic mass is 35.5. The Balaban J connectivity index is 1.83. The first-order valence-electron chi connectivity index (χ1n) is 12.5. The summed E-state index contributed by atoms with van der Waals surface area (Å²) in [5.74, 6) is -1.72. The van der Waals surface area contributed by atoms with Crippen LogP contribution in [0.1, 0.15) is 56.1 Å². The lowest BCUT2D eigenvalue weighted by Crippen LogP contribution is -2.59. The average Bonchev–Trinajstić information content (AvgIpc) is 3.67. The first kappa shape index (κ1) is 28.8. The van der Waals surface area contributed by atoms with Gasteiger partial charge in [-0.05, 0) is 67.0 Å². The molecule has 2 aliphatic rings. The minimum Gasteiger partial charge on any atom is -0.481 e. The number of nitrogens with zero attached hydrogens (tertiary/aromatic N) is 1. The molecule has 3 N–H and O–H groups in total. The van der Waals surface area contributed by atoms with Crippen LogP contribution in [0.25, 0.3) is 0 Å². The number of hydrogen-bond acceptors (Lipinski definition) is 4. The number of benzene rings is 2. The Hall–Kier alpha value is -2.17. The molecule has 11 heteroatoms. The van der Waals surface area contributed by atoms with Crippen LogP contribution in [0.5, 0.6) is 0 Å². The van der Waals surface area contributed by atoms with Gasteiger partial charge < -0.3 is 10.4 Å². The van der Waals surface area contributed by atoms with Crippen molar-refractivity contribution in [3.05, 3.63) is 69.7 Å². The molecule has 2 aromatic rings. The van der Waals surface area contributed by atoms with Crippen LogP contribution in [0.3, 0.4) is 0 Å². The largest absolute Gasteiger partial charge is 0.481 e. The molecule has 4 rings (SSSR count). The van der Waals surface area contributed by atoms with Crippen molar-refractivity contribution in [2.75, 3.05) is 14.1 Å². The molecule has 2 fully saturated rings. The zero-order valence-corrected chi connectivity index (χ0v) is 23.9. The summed E-state index contributed by atoms with van der Waals surface area (Å²) in [6, 6.07) is 13.9. The van der Waals surface area contributed by atoms with Crippen LogP contribution in [0, 0.1) is 11.3 Å². The first-order chi connectivity index (χ1) is 17.8. The van der Waals surface area contributed by atoms with E-state index in [1.165, 1.54) is 14.1 Å². The van der Waals surface area contributed by atoms with Crippen molar-refractivity contribution < 1.29 is 23.1 Å². The van der Waals surface area contributed by atoms with Gasteiger partial charge in [-0.3, -0.25) is 9.59 Å². The fourth-order valence-corrected chi connectivity index (χ4v) is 6.96. The number of piperidine rings is 1. The first-order valence-corrected chi connectivity index (χ1v) is 14.7. The summed E-state index contributed by atoms with van der Waals surface area (Å²) in [6.45, 7) is 1.66. The maximum absolute atomic E-state index is 13.4. The molecule has 0 radical (unpaired) electrons. The van der Waals surface area contributed by atoms with Crippen molar-refractivity contribution in [3.63, 3.8) is 0 Å². The normalized spacial score (nSPS) is 25.6. The minimum atomic E-state index is -3.87. The van der Waals surface area contributed by atoms with Gasteiger partial charge in [-0.25, -0.2) is 0 Å². The molecule has 206 valence electrons. The maximum Gasteiger partial charge on any atom is 0.304 e. The highest BCUT2D eigenvalue weighted by Gasteiger charge is 2.54. The number of carbonyl (C=O) groups excluding carboxylic acids is 1. The minimum absolute atomic E-state index is 0.00245. The van der Waals surface area contributed by atoms with Crippen molar-refractivity contribution in [2.45, 2.75) is 56.5 Å². The second-order valence-corrected chi connectivity index (χ2v) is 13.7. The predicted molar refractivity (Wildman–Crippen MR) is 147 cm³/mol. The van der Waals surface area contributed by atoms with Gasteiger partial charge >= 0.3 is 5.97 Å². The number of carbonyl (C=O) groups is 2. The van der Waals surface area contributed by atoms with E-state index >= 15 is 0 Å². The number of amides is 1. The van der Waals surface area contributed by atoms with E-state index in [9.17, 15) is 23.1 Å². The van der Waals surface area contributed by atoms with Gasteiger partial charge in [-0.2, -0.15) is 17.4 Å². The van der Waals surface area contributed by atoms with E-state index in [0.717, 1.165) is 28.3 Å². The summed E-state index contributed by atoms with van der Waals surface area (Å²) < 4.78 is 30.7. The number of carboxylic acid groups (broad SMARTS) is 1. The molecule has 0 bridgehead atoms. The Morgan fingerprint density at radius 2 is 1.82 bits per heavy atom. The average molecular weight is 583 g/mol. The highest BCUT2D eigenvalue weighted by Crippen LogP contribution is 2.52. The van der Waals surface area contributed by atoms with Crippen molar-refractivity contribution in [1.29, 1.82) is 0 Å². The lowest BCUT2D eigenvalue weighted by atomic mass is 9.66. The van der Waals surface area contributed by atoms with Gasteiger partial charge in [0.15, 0.2) is 0 Å². The monoisotopic (exact) mass is 581 g/mol. The number of halogens is 2. The highest BCUT2D eigenvalue weighted by molar-refractivity contribution is 7.87. The SMILES string of the molecule is CN(C)S(=O)(=O)N[C@](C[C@@H]1NC(=O)[C@](C)(CC(=O)O)C[C@@H]1c1cccc(Cl)c1)(c1ccc(Cl)cc1)C1CC1. The number of aliphatic carboxylic acids is 1. The quantitative estimate of drug-likeness (QED) is 0.381. The fourth-order valence-electron chi connectivity index (χ4n) is 5.63. The van der Waals surface area contributed by atoms with Gasteiger partial charge in [0.05, 0.1) is 17.4 Å². The molecule has 0 aromatic heterocycles. The zero-order valence-electron chi connectivity index (χ0n) is 21.6. The molecule has 1 saturated carbocycles. The van der Waals surface area contributed by atoms with E-state index in [0.29, 0.717) is 10.0 Å². The van der Waals surface area contributed by atoms with Crippen LogP contribution in [0.4, 0.5) is 0 Å². The molecule has 1 heterocycles. The maximum atomic E-state index is 13.4. The van der Waals surface area contributed by atoms with E-state index in [1.54, 1.807) is 25.1 Å². The Labute approximate surface area is 233 Å². The van der Waals surface area contributed by atoms with E-state index in [4.69, 9.17) is 23.2 Å². The lowest BCUT2D eigenvalue weighted by Gasteiger charge is -2.46. The van der Waals surface area contributed by atoms with Gasteiger partial charge in [0.1, 0.15) is 0 Å². The topological polar surface area (TPSA) is 116 Å². The summed E-state index contributed by atoms with van der Waals surface area (Å²) in [5, 5.41) is 13.7. The third kappa shape index (κ3) is 6.02. The van der Waals surface area contributed by atoms with Gasteiger partial charge in [-0.15, -0.1) is 0 Å². The van der Waals surface area contributed by atoms with Gasteiger partial charge in [0.2, 0.25) is 5.91 Å². The van der Waals surface area contributed by atoms with E-state index < -0.39 is 33.2 Å². The second kappa shape index (κ2) is 10.8. The van der Waals surface area contributed by atoms with Crippen molar-refractivity contribution in [1.82, 2.24) is 14.3 Å². The fraction of sp³-hybridized carbons (Fsp3) is 0.481. The molecule has 0 spiro atoms. The van der Waals surface area contributed by atoms with Crippen LogP contribution >= 0.6 is 23.2 Å². The molecular formula is C27H33Cl2N3O5S. The summed E-state index contributed by atoms with van der Waals surface area (Å²) in [6.07, 6.45) is 1.85. The van der Waals surface area contributed by atoms with Crippen LogP contribution < -0.4 is 10.0 Å². The second-order valence-electron chi connectivity index (χ2n) is 10.9. The van der Waals surface area contributed by atoms with Crippen LogP contribution in [0.15, 0.2) is 48.5 Å². The molecule has 1 saturated heterocycles. The summed E-state index contributed by atoms with van der Waals surface area (Å²) in [4.78, 5) is 25.1. The Morgan fingerprint density at radius 1 is 1.16 bits per heavy atom. The van der Waals surface area contributed by atoms with Crippen molar-refractivity contribution in [3.8, 4) is 0 Å². The molecule has 2 aromatic carbocycles. The van der Waals surface area contributed by atoms with E-state index in [-0.39, 0.29) is 37.0 Å². The van der Waals surface area contributed by atoms with Gasteiger partial charge in [0, 0.05) is 36.1 Å². The molecule has 38 heavy (non-hydrogen) atoms. The summed E-state index contributed by atoms with van der Waals surface area (Å²) >= 11 is 12.5. The van der Waals surface area contributed by atoms with Crippen molar-refractivity contribution in [2.24, 2.45) is 11.3 Å². The van der Waals surface area contributed by atoms with E-state index in [2.05, 4.69) is 10.0 Å². The smallest absolute Gasteiger partial charge is 0.304 e. The van der Waals surface area contributed by atoms with E-state index in [1.807, 2.05) is 30.3 Å². The third-order valence-electron chi connectivity index (χ3n) is 7.81. The van der Waals surface area contributed by atoms with Crippen molar-refractivity contribution >= 4 is 45.3 Å². The Bertz CT molecular complexity index is 1320. The standard InChI is InChI=1S/C27H33Cl2N3O5S/c1-26(16-24(33)34)14-22(17-5-4-6-21(29)13-17)23(30-25(26)35)15-27(18-7-8-18,31-38(36,37)32(2)3)19-9-11-20(28)12-10-19/h4-6,9-13,18,22-23,31H,7-8,14-16H2,1-3H3,(H,30,35)(H,33,34)/t22-,23+,26+,27+/m1/s1.